The summed E-state index contributed by atoms with van der Waals surface area (Å²) >= 11 is 0. The van der Waals surface area contributed by atoms with Crippen LogP contribution in [0.4, 0.5) is 17.1 Å². The highest BCUT2D eigenvalue weighted by Crippen LogP contribution is 2.32. The fourth-order valence-corrected chi connectivity index (χ4v) is 3.51. The molecule has 3 N–H and O–H groups in total. The van der Waals surface area contributed by atoms with Gasteiger partial charge in [-0.25, -0.2) is 0 Å². The van der Waals surface area contributed by atoms with E-state index in [2.05, 4.69) is 44.6 Å². The third kappa shape index (κ3) is 4.11. The summed E-state index contributed by atoms with van der Waals surface area (Å²) in [6.45, 7) is 10.5. The number of rotatable bonds is 6. The lowest BCUT2D eigenvalue weighted by atomic mass is 9.97. The lowest BCUT2D eigenvalue weighted by Crippen LogP contribution is -2.17. The Bertz CT molecular complexity index is 1040. The molecule has 0 amide bonds. The molecule has 0 bridgehead atoms. The van der Waals surface area contributed by atoms with Gasteiger partial charge in [0.25, 0.3) is 0 Å². The second-order valence-electron chi connectivity index (χ2n) is 7.14. The van der Waals surface area contributed by atoms with Gasteiger partial charge in [0.1, 0.15) is 0 Å². The highest BCUT2D eigenvalue weighted by atomic mass is 15.1. The van der Waals surface area contributed by atoms with Crippen LogP contribution in [0.25, 0.3) is 16.7 Å². The van der Waals surface area contributed by atoms with Gasteiger partial charge in [0, 0.05) is 41.8 Å². The van der Waals surface area contributed by atoms with E-state index in [1.54, 1.807) is 12.4 Å². The summed E-state index contributed by atoms with van der Waals surface area (Å²) in [6, 6.07) is 9.96. The summed E-state index contributed by atoms with van der Waals surface area (Å²) in [7, 11) is 0. The minimum absolute atomic E-state index is 0.651. The lowest BCUT2D eigenvalue weighted by Gasteiger charge is -2.18. The number of nitrogens with one attached hydrogen (secondary N) is 1. The van der Waals surface area contributed by atoms with Crippen molar-refractivity contribution in [2.45, 2.75) is 12.8 Å². The first-order chi connectivity index (χ1) is 14.1. The minimum Gasteiger partial charge on any atom is -0.398 e. The average molecular weight is 384 g/mol. The minimum atomic E-state index is 0.651. The molecule has 0 atom stereocenters. The van der Waals surface area contributed by atoms with Crippen molar-refractivity contribution in [3.63, 3.8) is 0 Å². The fraction of sp³-hybridized carbons (Fsp3) is 0.174. The zero-order chi connectivity index (χ0) is 20.2. The number of hydrogen-bond donors (Lipinski definition) is 2. The Hall–Kier alpha value is -3.67. The van der Waals surface area contributed by atoms with Gasteiger partial charge in [-0.05, 0) is 48.2 Å². The molecule has 1 aliphatic heterocycles. The number of nitrogen functional groups attached to an aromatic ring is 1. The Kier molecular flexibility index (Phi) is 5.24. The molecule has 0 unspecified atom stereocenters. The van der Waals surface area contributed by atoms with Gasteiger partial charge in [-0.15, -0.1) is 0 Å². The van der Waals surface area contributed by atoms with Crippen LogP contribution in [0.15, 0.2) is 74.0 Å². The molecule has 0 saturated carbocycles. The maximum absolute atomic E-state index is 6.25. The van der Waals surface area contributed by atoms with Crippen molar-refractivity contribution in [1.29, 1.82) is 0 Å². The largest absolute Gasteiger partial charge is 0.398 e. The highest BCUT2D eigenvalue weighted by molar-refractivity contribution is 5.88. The summed E-state index contributed by atoms with van der Waals surface area (Å²) in [5.41, 5.74) is 13.2. The normalized spacial score (nSPS) is 13.3. The van der Waals surface area contributed by atoms with Crippen LogP contribution in [0.1, 0.15) is 18.4 Å². The van der Waals surface area contributed by atoms with Crippen molar-refractivity contribution in [2.75, 3.05) is 29.0 Å². The zero-order valence-electron chi connectivity index (χ0n) is 16.3. The zero-order valence-corrected chi connectivity index (χ0v) is 16.3. The van der Waals surface area contributed by atoms with Gasteiger partial charge in [-0.1, -0.05) is 19.2 Å². The van der Waals surface area contributed by atoms with Crippen LogP contribution in [0.5, 0.6) is 0 Å². The molecule has 3 heterocycles. The number of nitrogens with two attached hydrogens (primary N) is 1. The number of nitrogens with zero attached hydrogens (tertiary/aromatic N) is 4. The predicted molar refractivity (Wildman–Crippen MR) is 119 cm³/mol. The van der Waals surface area contributed by atoms with E-state index in [9.17, 15) is 0 Å². The average Bonchev–Trinajstić information content (AvgIpc) is 3.29. The van der Waals surface area contributed by atoms with Gasteiger partial charge in [-0.3, -0.25) is 4.98 Å². The summed E-state index contributed by atoms with van der Waals surface area (Å²) in [6.07, 6.45) is 9.53. The van der Waals surface area contributed by atoms with E-state index >= 15 is 0 Å². The van der Waals surface area contributed by atoms with Crippen LogP contribution in [0.2, 0.25) is 0 Å². The predicted octanol–water partition coefficient (Wildman–Crippen LogP) is 4.36. The van der Waals surface area contributed by atoms with Gasteiger partial charge in [0.2, 0.25) is 0 Å². The second kappa shape index (κ2) is 8.14. The van der Waals surface area contributed by atoms with Crippen LogP contribution in [0.3, 0.4) is 0 Å². The summed E-state index contributed by atoms with van der Waals surface area (Å²) in [5.74, 6) is 0. The topological polar surface area (TPSA) is 80.0 Å². The molecule has 1 saturated heterocycles. The lowest BCUT2D eigenvalue weighted by molar-refractivity contribution is 0.949. The van der Waals surface area contributed by atoms with Crippen molar-refractivity contribution in [3.05, 3.63) is 79.5 Å². The van der Waals surface area contributed by atoms with Crippen LogP contribution < -0.4 is 16.0 Å². The van der Waals surface area contributed by atoms with E-state index in [-0.39, 0.29) is 0 Å². The van der Waals surface area contributed by atoms with E-state index in [0.29, 0.717) is 11.4 Å². The van der Waals surface area contributed by atoms with Crippen molar-refractivity contribution in [1.82, 2.24) is 15.2 Å². The molecule has 29 heavy (non-hydrogen) atoms. The van der Waals surface area contributed by atoms with E-state index in [0.717, 1.165) is 46.7 Å². The number of pyridine rings is 1. The maximum Gasteiger partial charge on any atom is 0.0731 e. The summed E-state index contributed by atoms with van der Waals surface area (Å²) in [4.78, 5) is 6.83. The fourth-order valence-electron chi connectivity index (χ4n) is 3.51. The van der Waals surface area contributed by atoms with E-state index in [4.69, 9.17) is 5.73 Å². The highest BCUT2D eigenvalue weighted by Gasteiger charge is 2.14. The van der Waals surface area contributed by atoms with Crippen molar-refractivity contribution >= 4 is 22.6 Å². The van der Waals surface area contributed by atoms with Gasteiger partial charge < -0.3 is 16.0 Å². The molecule has 4 rings (SSSR count). The number of allylic oxidation sites excluding steroid dienone is 1. The summed E-state index contributed by atoms with van der Waals surface area (Å²) < 4.78 is 0. The molecule has 1 aromatic carbocycles. The van der Waals surface area contributed by atoms with E-state index in [1.807, 2.05) is 36.7 Å². The molecule has 3 aromatic rings. The number of anilines is 3. The number of hydrogen-bond acceptors (Lipinski definition) is 6. The molecule has 1 aliphatic rings. The van der Waals surface area contributed by atoms with Gasteiger partial charge in [0.15, 0.2) is 0 Å². The monoisotopic (exact) mass is 384 g/mol. The molecule has 1 fully saturated rings. The number of aromatic nitrogens is 3. The van der Waals surface area contributed by atoms with Gasteiger partial charge in [-0.2, -0.15) is 10.2 Å². The van der Waals surface area contributed by atoms with Crippen LogP contribution in [-0.2, 0) is 0 Å². The second-order valence-corrected chi connectivity index (χ2v) is 7.14. The molecule has 0 radical (unpaired) electrons. The molecule has 6 nitrogen and oxygen atoms in total. The van der Waals surface area contributed by atoms with Crippen molar-refractivity contribution in [3.8, 4) is 11.1 Å². The Labute approximate surface area is 170 Å². The molecule has 0 aliphatic carbocycles. The summed E-state index contributed by atoms with van der Waals surface area (Å²) in [5, 5.41) is 10.8. The molecule has 2 aromatic heterocycles. The first-order valence-corrected chi connectivity index (χ1v) is 9.64. The Morgan fingerprint density at radius 3 is 2.55 bits per heavy atom. The van der Waals surface area contributed by atoms with Crippen LogP contribution in [0, 0.1) is 0 Å². The Morgan fingerprint density at radius 1 is 0.966 bits per heavy atom. The quantitative estimate of drug-likeness (QED) is 0.485. The molecule has 6 heteroatoms. The van der Waals surface area contributed by atoms with Gasteiger partial charge in [0.05, 0.1) is 30.0 Å². The third-order valence-corrected chi connectivity index (χ3v) is 5.15. The molecule has 0 spiro atoms. The maximum atomic E-state index is 6.25. The van der Waals surface area contributed by atoms with Crippen molar-refractivity contribution in [2.24, 2.45) is 0 Å². The smallest absolute Gasteiger partial charge is 0.0731 e. The van der Waals surface area contributed by atoms with Crippen LogP contribution in [-0.4, -0.2) is 28.3 Å². The standard InChI is InChI=1S/C23H24N6/c1-16(17(2)28-20-7-8-26-27-14-20)22-12-18(5-6-23(22)24)19-11-21(15-25-13-19)29-9-3-4-10-29/h5-8,11-15H,1-4,9-10,24H2,(H,26,28). The SMILES string of the molecule is C=C(Nc1ccnnc1)C(=C)c1cc(-c2cncc(N3CCCC3)c2)ccc1N. The van der Waals surface area contributed by atoms with Crippen LogP contribution >= 0.6 is 0 Å². The Balaban J connectivity index is 1.60. The number of benzene rings is 1. The third-order valence-electron chi connectivity index (χ3n) is 5.15. The van der Waals surface area contributed by atoms with Crippen molar-refractivity contribution < 1.29 is 0 Å². The molecular weight excluding hydrogens is 360 g/mol. The van der Waals surface area contributed by atoms with E-state index < -0.39 is 0 Å². The molecule has 146 valence electrons. The first kappa shape index (κ1) is 18.7. The van der Waals surface area contributed by atoms with Gasteiger partial charge >= 0.3 is 0 Å². The van der Waals surface area contributed by atoms with E-state index in [1.165, 1.54) is 12.8 Å². The first-order valence-electron chi connectivity index (χ1n) is 9.64. The Morgan fingerprint density at radius 2 is 1.79 bits per heavy atom. The molecular formula is C23H24N6.